The van der Waals surface area contributed by atoms with Gasteiger partial charge >= 0.3 is 0 Å². The predicted molar refractivity (Wildman–Crippen MR) is 167 cm³/mol. The zero-order valence-electron chi connectivity index (χ0n) is 21.7. The van der Waals surface area contributed by atoms with E-state index in [-0.39, 0.29) is 0 Å². The first-order chi connectivity index (χ1) is 19.7. The Morgan fingerprint density at radius 3 is 2.05 bits per heavy atom. The van der Waals surface area contributed by atoms with Gasteiger partial charge in [-0.15, -0.1) is 0 Å². The number of benzene rings is 6. The standard InChI is InChI=1S/C38H23NO/c1-23-27-8-2-3-9-29(27)32-20-24(14-17-28(23)32)25-15-18-36-33(21-25)30-10-4-6-12-35(30)39(36)26-16-19-38-34(22-26)31-11-5-7-13-37(31)40-38/h2-22H,1H2. The summed E-state index contributed by atoms with van der Waals surface area (Å²) >= 11 is 0. The number of furan rings is 1. The lowest BCUT2D eigenvalue weighted by Gasteiger charge is -2.09. The van der Waals surface area contributed by atoms with Gasteiger partial charge in [0.05, 0.1) is 11.0 Å². The molecule has 40 heavy (non-hydrogen) atoms. The van der Waals surface area contributed by atoms with Gasteiger partial charge in [-0.25, -0.2) is 0 Å². The van der Waals surface area contributed by atoms with Gasteiger partial charge in [0.15, 0.2) is 0 Å². The molecule has 8 aromatic rings. The van der Waals surface area contributed by atoms with Crippen LogP contribution in [0.2, 0.25) is 0 Å². The molecule has 0 saturated carbocycles. The fraction of sp³-hybridized carbons (Fsp3) is 0. The van der Waals surface area contributed by atoms with Crippen molar-refractivity contribution in [3.8, 4) is 27.9 Å². The highest BCUT2D eigenvalue weighted by atomic mass is 16.3. The van der Waals surface area contributed by atoms with Crippen LogP contribution in [0.4, 0.5) is 0 Å². The molecule has 0 atom stereocenters. The number of hydrogen-bond acceptors (Lipinski definition) is 1. The highest BCUT2D eigenvalue weighted by Crippen LogP contribution is 2.45. The molecular formula is C38H23NO. The third-order valence-electron chi connectivity index (χ3n) is 8.51. The van der Waals surface area contributed by atoms with Crippen LogP contribution < -0.4 is 0 Å². The number of fused-ring (bicyclic) bond motifs is 9. The van der Waals surface area contributed by atoms with Crippen LogP contribution in [0, 0.1) is 0 Å². The van der Waals surface area contributed by atoms with E-state index < -0.39 is 0 Å². The molecule has 0 saturated heterocycles. The van der Waals surface area contributed by atoms with Gasteiger partial charge in [0.25, 0.3) is 0 Å². The first-order valence-corrected chi connectivity index (χ1v) is 13.6. The summed E-state index contributed by atoms with van der Waals surface area (Å²) in [6, 6.07) is 45.7. The van der Waals surface area contributed by atoms with Gasteiger partial charge in [0.2, 0.25) is 0 Å². The van der Waals surface area contributed by atoms with E-state index in [1.807, 2.05) is 12.1 Å². The van der Waals surface area contributed by atoms with Crippen molar-refractivity contribution in [3.05, 3.63) is 145 Å². The van der Waals surface area contributed by atoms with Crippen LogP contribution >= 0.6 is 0 Å². The lowest BCUT2D eigenvalue weighted by Crippen LogP contribution is -1.93. The van der Waals surface area contributed by atoms with Crippen molar-refractivity contribution < 1.29 is 4.42 Å². The van der Waals surface area contributed by atoms with Crippen LogP contribution in [-0.2, 0) is 0 Å². The van der Waals surface area contributed by atoms with Gasteiger partial charge in [-0.2, -0.15) is 0 Å². The Kier molecular flexibility index (Phi) is 4.23. The van der Waals surface area contributed by atoms with Crippen LogP contribution in [-0.4, -0.2) is 4.57 Å². The maximum Gasteiger partial charge on any atom is 0.135 e. The molecule has 0 bridgehead atoms. The molecule has 0 N–H and O–H groups in total. The summed E-state index contributed by atoms with van der Waals surface area (Å²) < 4.78 is 8.48. The summed E-state index contributed by atoms with van der Waals surface area (Å²) in [5.41, 5.74) is 13.9. The van der Waals surface area contributed by atoms with Gasteiger partial charge in [-0.05, 0) is 87.5 Å². The summed E-state index contributed by atoms with van der Waals surface area (Å²) in [6.07, 6.45) is 0. The third kappa shape index (κ3) is 2.88. The lowest BCUT2D eigenvalue weighted by atomic mass is 9.97. The van der Waals surface area contributed by atoms with E-state index in [0.717, 1.165) is 33.2 Å². The molecule has 2 heteroatoms. The second-order valence-electron chi connectivity index (χ2n) is 10.6. The number of aromatic nitrogens is 1. The molecule has 6 aromatic carbocycles. The average Bonchev–Trinajstić information content (AvgIpc) is 3.64. The van der Waals surface area contributed by atoms with E-state index in [2.05, 4.69) is 126 Å². The molecular weight excluding hydrogens is 486 g/mol. The molecule has 2 heterocycles. The van der Waals surface area contributed by atoms with E-state index in [4.69, 9.17) is 4.42 Å². The van der Waals surface area contributed by atoms with Crippen molar-refractivity contribution in [2.24, 2.45) is 0 Å². The monoisotopic (exact) mass is 509 g/mol. The van der Waals surface area contributed by atoms with Gasteiger partial charge < -0.3 is 8.98 Å². The molecule has 1 aliphatic rings. The SMILES string of the molecule is C=C1c2ccccc2-c2cc(-c3ccc4c(c3)c3ccccc3n4-c3ccc4oc5ccccc5c4c3)ccc21. The second kappa shape index (κ2) is 7.84. The Labute approximate surface area is 231 Å². The highest BCUT2D eigenvalue weighted by Gasteiger charge is 2.22. The quantitative estimate of drug-likeness (QED) is 0.227. The van der Waals surface area contributed by atoms with Crippen LogP contribution in [0.5, 0.6) is 0 Å². The normalized spacial score (nSPS) is 12.6. The third-order valence-corrected chi connectivity index (χ3v) is 8.51. The van der Waals surface area contributed by atoms with Gasteiger partial charge in [-0.3, -0.25) is 0 Å². The zero-order chi connectivity index (χ0) is 26.4. The minimum atomic E-state index is 0.911. The van der Waals surface area contributed by atoms with E-state index in [1.54, 1.807) is 0 Å². The van der Waals surface area contributed by atoms with E-state index in [0.29, 0.717) is 0 Å². The molecule has 0 amide bonds. The Hall–Kier alpha value is -5.34. The lowest BCUT2D eigenvalue weighted by molar-refractivity contribution is 0.669. The first-order valence-electron chi connectivity index (χ1n) is 13.6. The van der Waals surface area contributed by atoms with E-state index in [9.17, 15) is 0 Å². The largest absolute Gasteiger partial charge is 0.456 e. The minimum absolute atomic E-state index is 0.911. The minimum Gasteiger partial charge on any atom is -0.456 e. The number of nitrogens with zero attached hydrogens (tertiary/aromatic N) is 1. The maximum absolute atomic E-state index is 6.11. The highest BCUT2D eigenvalue weighted by molar-refractivity contribution is 6.12. The van der Waals surface area contributed by atoms with Crippen molar-refractivity contribution in [1.29, 1.82) is 0 Å². The van der Waals surface area contributed by atoms with Crippen molar-refractivity contribution in [2.75, 3.05) is 0 Å². The summed E-state index contributed by atoms with van der Waals surface area (Å²) in [4.78, 5) is 0. The van der Waals surface area contributed by atoms with Crippen LogP contribution in [0.25, 0.3) is 77.3 Å². The molecule has 9 rings (SSSR count). The number of rotatable bonds is 2. The van der Waals surface area contributed by atoms with Crippen molar-refractivity contribution in [2.45, 2.75) is 0 Å². The molecule has 2 nitrogen and oxygen atoms in total. The topological polar surface area (TPSA) is 18.1 Å². The summed E-state index contributed by atoms with van der Waals surface area (Å²) in [5, 5.41) is 4.77. The van der Waals surface area contributed by atoms with E-state index in [1.165, 1.54) is 55.2 Å². The zero-order valence-corrected chi connectivity index (χ0v) is 21.7. The van der Waals surface area contributed by atoms with Crippen molar-refractivity contribution in [3.63, 3.8) is 0 Å². The maximum atomic E-state index is 6.11. The molecule has 186 valence electrons. The Morgan fingerprint density at radius 1 is 0.450 bits per heavy atom. The molecule has 0 aliphatic heterocycles. The van der Waals surface area contributed by atoms with Crippen molar-refractivity contribution in [1.82, 2.24) is 4.57 Å². The first kappa shape index (κ1) is 21.6. The van der Waals surface area contributed by atoms with Gasteiger partial charge in [0.1, 0.15) is 11.2 Å². The summed E-state index contributed by atoms with van der Waals surface area (Å²) in [6.45, 7) is 4.37. The van der Waals surface area contributed by atoms with Crippen molar-refractivity contribution >= 4 is 49.3 Å². The summed E-state index contributed by atoms with van der Waals surface area (Å²) in [5.74, 6) is 0. The molecule has 0 radical (unpaired) electrons. The summed E-state index contributed by atoms with van der Waals surface area (Å²) in [7, 11) is 0. The van der Waals surface area contributed by atoms with Gasteiger partial charge in [-0.1, -0.05) is 85.4 Å². The van der Waals surface area contributed by atoms with Crippen LogP contribution in [0.3, 0.4) is 0 Å². The Balaban J connectivity index is 1.25. The molecule has 0 unspecified atom stereocenters. The molecule has 0 spiro atoms. The fourth-order valence-corrected chi connectivity index (χ4v) is 6.62. The number of hydrogen-bond donors (Lipinski definition) is 0. The predicted octanol–water partition coefficient (Wildman–Crippen LogP) is 10.4. The number of para-hydroxylation sites is 2. The van der Waals surface area contributed by atoms with Crippen LogP contribution in [0.1, 0.15) is 11.1 Å². The molecule has 1 aliphatic carbocycles. The fourth-order valence-electron chi connectivity index (χ4n) is 6.62. The Bertz CT molecular complexity index is 2350. The van der Waals surface area contributed by atoms with Gasteiger partial charge in [0, 0.05) is 27.2 Å². The van der Waals surface area contributed by atoms with Crippen LogP contribution in [0.15, 0.2) is 138 Å². The average molecular weight is 510 g/mol. The smallest absolute Gasteiger partial charge is 0.135 e. The molecule has 0 fully saturated rings. The van der Waals surface area contributed by atoms with E-state index >= 15 is 0 Å². The Morgan fingerprint density at radius 2 is 1.12 bits per heavy atom. The second-order valence-corrected chi connectivity index (χ2v) is 10.6. The molecule has 2 aromatic heterocycles.